The van der Waals surface area contributed by atoms with Crippen molar-refractivity contribution >= 4 is 47.2 Å². The predicted molar refractivity (Wildman–Crippen MR) is 70.2 cm³/mol. The lowest BCUT2D eigenvalue weighted by atomic mass is 10.2. The molecule has 96 valence electrons. The van der Waals surface area contributed by atoms with Crippen molar-refractivity contribution in [1.29, 1.82) is 0 Å². The molecule has 1 atom stereocenters. The molecule has 0 saturated heterocycles. The van der Waals surface area contributed by atoms with E-state index in [2.05, 4.69) is 5.32 Å². The maximum absolute atomic E-state index is 11.4. The van der Waals surface area contributed by atoms with Gasteiger partial charge < -0.3 is 16.8 Å². The van der Waals surface area contributed by atoms with Crippen LogP contribution in [0.1, 0.15) is 11.3 Å². The second kappa shape index (κ2) is 7.50. The largest absolute Gasteiger partial charge is 0.370 e. The molecule has 5 N–H and O–H groups in total. The SMILES string of the molecule is Cl.NC(=O)CC(N)C(=O)NCc1ccc(Cl)s1. The van der Waals surface area contributed by atoms with Gasteiger partial charge in [-0.2, -0.15) is 0 Å². The van der Waals surface area contributed by atoms with Gasteiger partial charge in [-0.25, -0.2) is 0 Å². The maximum Gasteiger partial charge on any atom is 0.237 e. The van der Waals surface area contributed by atoms with E-state index >= 15 is 0 Å². The van der Waals surface area contributed by atoms with Gasteiger partial charge in [-0.15, -0.1) is 23.7 Å². The van der Waals surface area contributed by atoms with E-state index in [0.29, 0.717) is 10.9 Å². The van der Waals surface area contributed by atoms with Gasteiger partial charge in [-0.1, -0.05) is 11.6 Å². The average molecular weight is 298 g/mol. The van der Waals surface area contributed by atoms with E-state index in [-0.39, 0.29) is 18.8 Å². The Labute approximate surface area is 114 Å². The van der Waals surface area contributed by atoms with Crippen LogP contribution >= 0.6 is 35.3 Å². The molecule has 0 radical (unpaired) electrons. The monoisotopic (exact) mass is 297 g/mol. The molecule has 0 saturated carbocycles. The van der Waals surface area contributed by atoms with Gasteiger partial charge in [0.05, 0.1) is 23.3 Å². The van der Waals surface area contributed by atoms with Crippen molar-refractivity contribution < 1.29 is 9.59 Å². The molecule has 1 aromatic rings. The number of hydrogen-bond donors (Lipinski definition) is 3. The Kier molecular flexibility index (Phi) is 7.13. The van der Waals surface area contributed by atoms with Crippen LogP contribution < -0.4 is 16.8 Å². The number of primary amides is 1. The zero-order chi connectivity index (χ0) is 12.1. The fraction of sp³-hybridized carbons (Fsp3) is 0.333. The number of hydrogen-bond acceptors (Lipinski definition) is 4. The number of carbonyl (C=O) groups is 2. The van der Waals surface area contributed by atoms with Crippen LogP contribution in [0, 0.1) is 0 Å². The number of carbonyl (C=O) groups excluding carboxylic acids is 2. The highest BCUT2D eigenvalue weighted by atomic mass is 35.5. The number of thiophene rings is 1. The summed E-state index contributed by atoms with van der Waals surface area (Å²) in [7, 11) is 0. The zero-order valence-corrected chi connectivity index (χ0v) is 11.2. The first-order valence-electron chi connectivity index (χ1n) is 4.55. The van der Waals surface area contributed by atoms with E-state index in [1.54, 1.807) is 6.07 Å². The Bertz CT molecular complexity index is 397. The molecular formula is C9H13Cl2N3O2S. The van der Waals surface area contributed by atoms with E-state index < -0.39 is 17.9 Å². The average Bonchev–Trinajstić information content (AvgIpc) is 2.59. The van der Waals surface area contributed by atoms with Crippen molar-refractivity contribution in [2.45, 2.75) is 19.0 Å². The number of nitrogens with two attached hydrogens (primary N) is 2. The highest BCUT2D eigenvalue weighted by molar-refractivity contribution is 7.16. The van der Waals surface area contributed by atoms with Gasteiger partial charge in [0, 0.05) is 4.88 Å². The van der Waals surface area contributed by atoms with Crippen LogP contribution in [-0.2, 0) is 16.1 Å². The van der Waals surface area contributed by atoms with Crippen LogP contribution in [-0.4, -0.2) is 17.9 Å². The van der Waals surface area contributed by atoms with Gasteiger partial charge in [0.2, 0.25) is 11.8 Å². The second-order valence-corrected chi connectivity index (χ2v) is 5.00. The first kappa shape index (κ1) is 16.2. The summed E-state index contributed by atoms with van der Waals surface area (Å²) >= 11 is 7.10. The normalized spacial score (nSPS) is 11.4. The van der Waals surface area contributed by atoms with Gasteiger partial charge in [0.1, 0.15) is 0 Å². The summed E-state index contributed by atoms with van der Waals surface area (Å²) in [6.07, 6.45) is -0.156. The lowest BCUT2D eigenvalue weighted by molar-refractivity contribution is -0.126. The van der Waals surface area contributed by atoms with E-state index in [1.807, 2.05) is 6.07 Å². The highest BCUT2D eigenvalue weighted by Gasteiger charge is 2.15. The maximum atomic E-state index is 11.4. The number of rotatable bonds is 5. The van der Waals surface area contributed by atoms with Crippen LogP contribution in [0.25, 0.3) is 0 Å². The molecule has 1 unspecified atom stereocenters. The molecular weight excluding hydrogens is 285 g/mol. The third kappa shape index (κ3) is 5.88. The van der Waals surface area contributed by atoms with Gasteiger partial charge in [0.25, 0.3) is 0 Å². The van der Waals surface area contributed by atoms with Crippen molar-refractivity contribution in [3.05, 3.63) is 21.3 Å². The second-order valence-electron chi connectivity index (χ2n) is 3.20. The van der Waals surface area contributed by atoms with Crippen molar-refractivity contribution in [3.63, 3.8) is 0 Å². The zero-order valence-electron chi connectivity index (χ0n) is 8.81. The molecule has 0 bridgehead atoms. The van der Waals surface area contributed by atoms with Gasteiger partial charge in [-0.3, -0.25) is 9.59 Å². The minimum atomic E-state index is -0.895. The molecule has 5 nitrogen and oxygen atoms in total. The predicted octanol–water partition coefficient (Wildman–Crippen LogP) is 0.642. The summed E-state index contributed by atoms with van der Waals surface area (Å²) in [5.41, 5.74) is 10.4. The first-order chi connectivity index (χ1) is 7.49. The van der Waals surface area contributed by atoms with Gasteiger partial charge in [-0.05, 0) is 12.1 Å². The fourth-order valence-electron chi connectivity index (χ4n) is 1.06. The van der Waals surface area contributed by atoms with Gasteiger partial charge >= 0.3 is 0 Å². The Morgan fingerprint density at radius 1 is 1.47 bits per heavy atom. The molecule has 0 spiro atoms. The molecule has 1 aromatic heterocycles. The molecule has 1 rings (SSSR count). The van der Waals surface area contributed by atoms with E-state index in [9.17, 15) is 9.59 Å². The van der Waals surface area contributed by atoms with E-state index in [0.717, 1.165) is 4.88 Å². The lowest BCUT2D eigenvalue weighted by Gasteiger charge is -2.09. The van der Waals surface area contributed by atoms with Crippen LogP contribution in [0.4, 0.5) is 0 Å². The Hall–Kier alpha value is -0.820. The first-order valence-corrected chi connectivity index (χ1v) is 5.74. The summed E-state index contributed by atoms with van der Waals surface area (Å²) in [5.74, 6) is -0.995. The van der Waals surface area contributed by atoms with Gasteiger partial charge in [0.15, 0.2) is 0 Å². The molecule has 0 aliphatic carbocycles. The summed E-state index contributed by atoms with van der Waals surface area (Å²) in [6, 6.07) is 2.66. The standard InChI is InChI=1S/C9H12ClN3O2S.ClH/c10-7-2-1-5(16-7)4-13-9(15)6(11)3-8(12)14;/h1-2,6H,3-4,11H2,(H2,12,14)(H,13,15);1H. The molecule has 8 heteroatoms. The van der Waals surface area contributed by atoms with Crippen molar-refractivity contribution in [2.75, 3.05) is 0 Å². The molecule has 0 aliphatic heterocycles. The molecule has 1 heterocycles. The summed E-state index contributed by atoms with van der Waals surface area (Å²) in [5, 5.41) is 2.60. The third-order valence-corrected chi connectivity index (χ3v) is 3.05. The van der Waals surface area contributed by atoms with E-state index in [4.69, 9.17) is 23.1 Å². The topological polar surface area (TPSA) is 98.2 Å². The molecule has 0 aliphatic rings. The minimum absolute atomic E-state index is 0. The van der Waals surface area contributed by atoms with Crippen molar-refractivity contribution in [1.82, 2.24) is 5.32 Å². The molecule has 0 fully saturated rings. The summed E-state index contributed by atoms with van der Waals surface area (Å²) in [4.78, 5) is 22.8. The summed E-state index contributed by atoms with van der Waals surface area (Å²) in [6.45, 7) is 0.350. The lowest BCUT2D eigenvalue weighted by Crippen LogP contribution is -2.42. The molecule has 0 aromatic carbocycles. The molecule has 2 amide bonds. The van der Waals surface area contributed by atoms with Crippen molar-refractivity contribution in [3.8, 4) is 0 Å². The van der Waals surface area contributed by atoms with Crippen LogP contribution in [0.2, 0.25) is 4.34 Å². The van der Waals surface area contributed by atoms with Crippen LogP contribution in [0.3, 0.4) is 0 Å². The Morgan fingerprint density at radius 3 is 2.59 bits per heavy atom. The minimum Gasteiger partial charge on any atom is -0.370 e. The number of amides is 2. The highest BCUT2D eigenvalue weighted by Crippen LogP contribution is 2.20. The van der Waals surface area contributed by atoms with Crippen LogP contribution in [0.5, 0.6) is 0 Å². The van der Waals surface area contributed by atoms with Crippen LogP contribution in [0.15, 0.2) is 12.1 Å². The smallest absolute Gasteiger partial charge is 0.237 e. The molecule has 17 heavy (non-hydrogen) atoms. The third-order valence-electron chi connectivity index (χ3n) is 1.82. The van der Waals surface area contributed by atoms with Crippen molar-refractivity contribution in [2.24, 2.45) is 11.5 Å². The fourth-order valence-corrected chi connectivity index (χ4v) is 2.09. The Balaban J connectivity index is 0.00000256. The number of nitrogens with one attached hydrogen (secondary N) is 1. The quantitative estimate of drug-likeness (QED) is 0.744. The van der Waals surface area contributed by atoms with E-state index in [1.165, 1.54) is 11.3 Å². The summed E-state index contributed by atoms with van der Waals surface area (Å²) < 4.78 is 0.658. The number of halogens is 2. The Morgan fingerprint density at radius 2 is 2.12 bits per heavy atom.